The third kappa shape index (κ3) is 25.0. The number of carbonyl (C=O) groups is 3. The zero-order chi connectivity index (χ0) is 47.1. The molecule has 0 saturated carbocycles. The van der Waals surface area contributed by atoms with E-state index in [0.717, 1.165) is 0 Å². The van der Waals surface area contributed by atoms with Gasteiger partial charge in [-0.1, -0.05) is 78.9 Å². The number of rotatable bonds is 43. The Balaban J connectivity index is 0.753. The van der Waals surface area contributed by atoms with Gasteiger partial charge in [0.2, 0.25) is 0 Å². The summed E-state index contributed by atoms with van der Waals surface area (Å²) < 4.78 is 76.3. The molecule has 0 saturated heterocycles. The first-order chi connectivity index (χ1) is 33.1. The van der Waals surface area contributed by atoms with Crippen molar-refractivity contribution in [3.63, 3.8) is 0 Å². The number of hydrogen-bond donors (Lipinski definition) is 1. The second kappa shape index (κ2) is 37.6. The summed E-state index contributed by atoms with van der Waals surface area (Å²) in [4.78, 5) is 36.0. The molecule has 0 heterocycles. The van der Waals surface area contributed by atoms with E-state index < -0.39 is 17.8 Å². The molecule has 3 aromatic carbocycles. The summed E-state index contributed by atoms with van der Waals surface area (Å²) in [7, 11) is 0. The maximum atomic E-state index is 12.3. The highest BCUT2D eigenvalue weighted by Gasteiger charge is 2.29. The molecule has 1 aliphatic carbocycles. The molecule has 0 fully saturated rings. The van der Waals surface area contributed by atoms with Crippen LogP contribution in [-0.4, -0.2) is 196 Å². The number of nitrogens with one attached hydrogen (secondary N) is 1. The molecular formula is C49H69NO17. The number of fused-ring (bicyclic) bond motifs is 3. The van der Waals surface area contributed by atoms with Crippen LogP contribution < -0.4 is 5.32 Å². The van der Waals surface area contributed by atoms with Crippen molar-refractivity contribution < 1.29 is 80.7 Å². The van der Waals surface area contributed by atoms with Crippen LogP contribution in [0.2, 0.25) is 0 Å². The van der Waals surface area contributed by atoms with Crippen molar-refractivity contribution in [2.75, 3.05) is 178 Å². The van der Waals surface area contributed by atoms with Crippen LogP contribution in [0.4, 0.5) is 4.79 Å². The Kier molecular flexibility index (Phi) is 30.9. The van der Waals surface area contributed by atoms with Gasteiger partial charge in [0, 0.05) is 18.0 Å². The topological polar surface area (TPSA) is 192 Å². The summed E-state index contributed by atoms with van der Waals surface area (Å²) >= 11 is 0. The first kappa shape index (κ1) is 55.2. The predicted octanol–water partition coefficient (Wildman–Crippen LogP) is 4.15. The lowest BCUT2D eigenvalue weighted by Gasteiger charge is -2.14. The number of alkyl carbamates (subject to hydrolysis) is 1. The zero-order valence-corrected chi connectivity index (χ0v) is 38.6. The molecule has 1 amide bonds. The van der Waals surface area contributed by atoms with Crippen molar-refractivity contribution >= 4 is 17.8 Å². The monoisotopic (exact) mass is 943 g/mol. The molecule has 1 aliphatic rings. The number of carbonyl (C=O) groups excluding carboxylic acids is 3. The third-order valence-electron chi connectivity index (χ3n) is 9.63. The van der Waals surface area contributed by atoms with Crippen molar-refractivity contribution in [2.45, 2.75) is 5.92 Å². The van der Waals surface area contributed by atoms with Crippen molar-refractivity contribution in [1.82, 2.24) is 5.32 Å². The molecule has 0 aromatic heterocycles. The molecule has 0 unspecified atom stereocenters. The normalized spacial score (nSPS) is 11.9. The molecule has 0 bridgehead atoms. The van der Waals surface area contributed by atoms with Gasteiger partial charge in [-0.05, 0) is 22.3 Å². The minimum Gasteiger partial charge on any atom is -0.457 e. The summed E-state index contributed by atoms with van der Waals surface area (Å²) in [6.07, 6.45) is -0.460. The first-order valence-corrected chi connectivity index (χ1v) is 22.9. The molecule has 18 nitrogen and oxygen atoms in total. The number of Topliss-reactive ketones (excluding diaryl/α,β-unsaturated/α-hetero) is 1. The van der Waals surface area contributed by atoms with Crippen molar-refractivity contribution in [3.8, 4) is 11.1 Å². The summed E-state index contributed by atoms with van der Waals surface area (Å²) in [6, 6.07) is 24.7. The fourth-order valence-corrected chi connectivity index (χ4v) is 6.36. The number of hydrogen-bond acceptors (Lipinski definition) is 17. The van der Waals surface area contributed by atoms with E-state index in [9.17, 15) is 14.4 Å². The van der Waals surface area contributed by atoms with Crippen LogP contribution in [0, 0.1) is 0 Å². The number of amides is 1. The Morgan fingerprint density at radius 3 is 1.04 bits per heavy atom. The Labute approximate surface area is 393 Å². The van der Waals surface area contributed by atoms with Crippen LogP contribution in [0.3, 0.4) is 0 Å². The number of ketones is 1. The first-order valence-electron chi connectivity index (χ1n) is 22.9. The van der Waals surface area contributed by atoms with Gasteiger partial charge in [0.05, 0.1) is 159 Å². The number of ether oxygens (including phenoxy) is 14. The van der Waals surface area contributed by atoms with Gasteiger partial charge in [0.1, 0.15) is 13.2 Å². The molecule has 1 N–H and O–H groups in total. The van der Waals surface area contributed by atoms with E-state index in [2.05, 4.69) is 29.6 Å². The Morgan fingerprint density at radius 1 is 0.358 bits per heavy atom. The van der Waals surface area contributed by atoms with Gasteiger partial charge in [-0.3, -0.25) is 4.79 Å². The van der Waals surface area contributed by atoms with E-state index in [1.807, 2.05) is 24.3 Å². The molecule has 4 rings (SSSR count). The van der Waals surface area contributed by atoms with E-state index in [0.29, 0.717) is 164 Å². The SMILES string of the molecule is O=C(NCCOCCOCCOCCOCCOCCOCCOCCOCCOCCOCCOCCOCCOC(=O)C(=O)c1ccccc1)OCC1c2ccccc2-c2ccccc21. The van der Waals surface area contributed by atoms with Gasteiger partial charge in [-0.2, -0.15) is 0 Å². The molecule has 3 aromatic rings. The molecule has 372 valence electrons. The van der Waals surface area contributed by atoms with E-state index in [4.69, 9.17) is 66.3 Å². The van der Waals surface area contributed by atoms with Crippen molar-refractivity contribution in [2.24, 2.45) is 0 Å². The highest BCUT2D eigenvalue weighted by Crippen LogP contribution is 2.44. The van der Waals surface area contributed by atoms with Crippen LogP contribution >= 0.6 is 0 Å². The molecule has 18 heteroatoms. The Hall–Kier alpha value is -4.41. The van der Waals surface area contributed by atoms with Gasteiger partial charge < -0.3 is 71.6 Å². The summed E-state index contributed by atoms with van der Waals surface area (Å²) in [5.41, 5.74) is 5.04. The van der Waals surface area contributed by atoms with Crippen molar-refractivity contribution in [1.29, 1.82) is 0 Å². The van der Waals surface area contributed by atoms with Crippen LogP contribution in [0.5, 0.6) is 0 Å². The van der Waals surface area contributed by atoms with Gasteiger partial charge in [-0.25, -0.2) is 9.59 Å². The maximum Gasteiger partial charge on any atom is 0.407 e. The lowest BCUT2D eigenvalue weighted by atomic mass is 9.98. The lowest BCUT2D eigenvalue weighted by Crippen LogP contribution is -2.29. The largest absolute Gasteiger partial charge is 0.457 e. The second-order valence-electron chi connectivity index (χ2n) is 14.4. The standard InChI is InChI=1S/C49H69NO17/c51-47(41-8-2-1-3-9-41)48(52)66-39-38-65-37-36-64-35-34-63-33-32-62-31-30-61-29-28-60-27-26-59-25-24-58-23-22-57-21-20-56-19-18-55-17-16-54-15-14-50-49(53)67-40-46-44-12-6-4-10-42(44)43-11-5-7-13-45(43)46/h1-13,46H,14-40H2,(H,50,53). The maximum absolute atomic E-state index is 12.3. The highest BCUT2D eigenvalue weighted by molar-refractivity contribution is 6.40. The molecule has 0 radical (unpaired) electrons. The molecule has 0 atom stereocenters. The summed E-state index contributed by atoms with van der Waals surface area (Å²) in [6.45, 7) is 10.9. The lowest BCUT2D eigenvalue weighted by molar-refractivity contribution is -0.139. The molecule has 67 heavy (non-hydrogen) atoms. The second-order valence-corrected chi connectivity index (χ2v) is 14.4. The van der Waals surface area contributed by atoms with E-state index in [-0.39, 0.29) is 25.7 Å². The van der Waals surface area contributed by atoms with Crippen LogP contribution in [-0.2, 0) is 71.1 Å². The molecule has 0 spiro atoms. The van der Waals surface area contributed by atoms with Gasteiger partial charge >= 0.3 is 12.1 Å². The zero-order valence-electron chi connectivity index (χ0n) is 38.6. The average Bonchev–Trinajstić information content (AvgIpc) is 3.68. The van der Waals surface area contributed by atoms with Crippen molar-refractivity contribution in [3.05, 3.63) is 95.6 Å². The number of esters is 1. The smallest absolute Gasteiger partial charge is 0.407 e. The highest BCUT2D eigenvalue weighted by atomic mass is 16.6. The summed E-state index contributed by atoms with van der Waals surface area (Å²) in [5, 5.41) is 2.74. The molecular weight excluding hydrogens is 875 g/mol. The van der Waals surface area contributed by atoms with Gasteiger partial charge in [0.15, 0.2) is 0 Å². The Morgan fingerprint density at radius 2 is 0.672 bits per heavy atom. The Bertz CT molecular complexity index is 1690. The van der Waals surface area contributed by atoms with Crippen LogP contribution in [0.25, 0.3) is 11.1 Å². The quantitative estimate of drug-likeness (QED) is 0.0368. The minimum absolute atomic E-state index is 0.0105. The van der Waals surface area contributed by atoms with E-state index in [1.165, 1.54) is 22.3 Å². The van der Waals surface area contributed by atoms with E-state index in [1.54, 1.807) is 30.3 Å². The number of benzene rings is 3. The van der Waals surface area contributed by atoms with Crippen LogP contribution in [0.15, 0.2) is 78.9 Å². The van der Waals surface area contributed by atoms with Crippen LogP contribution in [0.1, 0.15) is 27.4 Å². The molecule has 0 aliphatic heterocycles. The fraction of sp³-hybridized carbons (Fsp3) is 0.571. The third-order valence-corrected chi connectivity index (χ3v) is 9.63. The van der Waals surface area contributed by atoms with E-state index >= 15 is 0 Å². The average molecular weight is 944 g/mol. The summed E-state index contributed by atoms with van der Waals surface area (Å²) in [5.74, 6) is -1.56. The minimum atomic E-state index is -0.903. The predicted molar refractivity (Wildman–Crippen MR) is 245 cm³/mol. The van der Waals surface area contributed by atoms with Gasteiger partial charge in [0.25, 0.3) is 5.78 Å². The van der Waals surface area contributed by atoms with Gasteiger partial charge in [-0.15, -0.1) is 0 Å². The fourth-order valence-electron chi connectivity index (χ4n) is 6.36.